The average Bonchev–Trinajstić information content (AvgIpc) is 3.07. The predicted octanol–water partition coefficient (Wildman–Crippen LogP) is 4.30. The Labute approximate surface area is 162 Å². The number of nitrogens with zero attached hydrogens (tertiary/aromatic N) is 1. The van der Waals surface area contributed by atoms with Gasteiger partial charge < -0.3 is 19.2 Å². The number of hydrogen-bond acceptors (Lipinski definition) is 5. The fourth-order valence-corrected chi connectivity index (χ4v) is 2.99. The number of halogens is 1. The maximum Gasteiger partial charge on any atom is 0.213 e. The molecule has 6 nitrogen and oxygen atoms in total. The van der Waals surface area contributed by atoms with Crippen LogP contribution in [0.1, 0.15) is 21.7 Å². The van der Waals surface area contributed by atoms with Gasteiger partial charge in [0.05, 0.1) is 21.3 Å². The summed E-state index contributed by atoms with van der Waals surface area (Å²) < 4.78 is 15.9. The second kappa shape index (κ2) is 7.72. The molecule has 0 amide bonds. The molecule has 3 aromatic rings. The van der Waals surface area contributed by atoms with Crippen LogP contribution in [0.5, 0.6) is 17.2 Å². The van der Waals surface area contributed by atoms with Gasteiger partial charge in [-0.15, -0.1) is 0 Å². The van der Waals surface area contributed by atoms with E-state index in [0.29, 0.717) is 45.0 Å². The molecule has 1 aromatic heterocycles. The van der Waals surface area contributed by atoms with Gasteiger partial charge in [0.15, 0.2) is 11.5 Å². The molecular weight excluding hydrogens is 368 g/mol. The standard InChI is InChI=1S/C20H19ClN2O4/c1-11-17(23-20(22-11)12-6-5-7-14(21)8-12)18(24)13-9-15(25-2)19(27-4)16(10-13)26-3/h5-10H,1-4H3,(H,22,23). The summed E-state index contributed by atoms with van der Waals surface area (Å²) in [7, 11) is 4.52. The molecule has 0 atom stereocenters. The van der Waals surface area contributed by atoms with E-state index in [9.17, 15) is 4.79 Å². The Morgan fingerprint density at radius 1 is 1.04 bits per heavy atom. The average molecular weight is 387 g/mol. The maximum atomic E-state index is 13.1. The molecule has 27 heavy (non-hydrogen) atoms. The molecule has 3 rings (SSSR count). The van der Waals surface area contributed by atoms with Gasteiger partial charge >= 0.3 is 0 Å². The molecule has 0 radical (unpaired) electrons. The largest absolute Gasteiger partial charge is 0.493 e. The third-order valence-corrected chi connectivity index (χ3v) is 4.36. The van der Waals surface area contributed by atoms with Crippen LogP contribution in [0.4, 0.5) is 0 Å². The lowest BCUT2D eigenvalue weighted by Gasteiger charge is -2.13. The molecular formula is C20H19ClN2O4. The Bertz CT molecular complexity index is 972. The number of benzene rings is 2. The minimum atomic E-state index is -0.253. The normalized spacial score (nSPS) is 10.6. The molecule has 2 aromatic carbocycles. The Balaban J connectivity index is 2.04. The number of methoxy groups -OCH3 is 3. The summed E-state index contributed by atoms with van der Waals surface area (Å²) in [6.45, 7) is 1.80. The van der Waals surface area contributed by atoms with Crippen LogP contribution in [0.25, 0.3) is 11.4 Å². The highest BCUT2D eigenvalue weighted by Gasteiger charge is 2.22. The van der Waals surface area contributed by atoms with Gasteiger partial charge in [0.2, 0.25) is 11.5 Å². The van der Waals surface area contributed by atoms with Gasteiger partial charge in [-0.2, -0.15) is 0 Å². The van der Waals surface area contributed by atoms with Gasteiger partial charge in [-0.25, -0.2) is 4.98 Å². The van der Waals surface area contributed by atoms with Crippen LogP contribution >= 0.6 is 11.6 Å². The van der Waals surface area contributed by atoms with E-state index < -0.39 is 0 Å². The minimum absolute atomic E-state index is 0.253. The first-order valence-electron chi connectivity index (χ1n) is 8.15. The van der Waals surface area contributed by atoms with Gasteiger partial charge in [0.1, 0.15) is 11.5 Å². The summed E-state index contributed by atoms with van der Waals surface area (Å²) in [6, 6.07) is 10.5. The van der Waals surface area contributed by atoms with Crippen LogP contribution in [-0.4, -0.2) is 37.1 Å². The van der Waals surface area contributed by atoms with Crippen LogP contribution in [-0.2, 0) is 0 Å². The van der Waals surface area contributed by atoms with Gasteiger partial charge in [-0.05, 0) is 31.2 Å². The number of imidazole rings is 1. The van der Waals surface area contributed by atoms with Crippen molar-refractivity contribution in [1.29, 1.82) is 0 Å². The Morgan fingerprint density at radius 3 is 2.26 bits per heavy atom. The number of carbonyl (C=O) groups is 1. The zero-order valence-electron chi connectivity index (χ0n) is 15.4. The molecule has 0 fully saturated rings. The Hall–Kier alpha value is -2.99. The number of H-pyrrole nitrogens is 1. The molecule has 0 aliphatic heterocycles. The molecule has 0 spiro atoms. The van der Waals surface area contributed by atoms with Crippen molar-refractivity contribution in [1.82, 2.24) is 9.97 Å². The summed E-state index contributed by atoms with van der Waals surface area (Å²) in [6.07, 6.45) is 0. The van der Waals surface area contributed by atoms with E-state index in [4.69, 9.17) is 25.8 Å². The highest BCUT2D eigenvalue weighted by molar-refractivity contribution is 6.30. The van der Waals surface area contributed by atoms with E-state index >= 15 is 0 Å². The number of carbonyl (C=O) groups excluding carboxylic acids is 1. The number of ketones is 1. The van der Waals surface area contributed by atoms with E-state index in [-0.39, 0.29) is 5.78 Å². The van der Waals surface area contributed by atoms with E-state index in [1.165, 1.54) is 21.3 Å². The van der Waals surface area contributed by atoms with Gasteiger partial charge in [0, 0.05) is 21.8 Å². The van der Waals surface area contributed by atoms with Gasteiger partial charge in [0.25, 0.3) is 0 Å². The Morgan fingerprint density at radius 2 is 1.70 bits per heavy atom. The molecule has 1 heterocycles. The van der Waals surface area contributed by atoms with Crippen molar-refractivity contribution in [3.8, 4) is 28.6 Å². The molecule has 0 saturated heterocycles. The van der Waals surface area contributed by atoms with Crippen LogP contribution in [0, 0.1) is 6.92 Å². The number of aryl methyl sites for hydroxylation is 1. The molecule has 0 bridgehead atoms. The van der Waals surface area contributed by atoms with Crippen molar-refractivity contribution in [2.75, 3.05) is 21.3 Å². The first kappa shape index (κ1) is 18.8. The minimum Gasteiger partial charge on any atom is -0.493 e. The number of rotatable bonds is 6. The lowest BCUT2D eigenvalue weighted by atomic mass is 10.1. The smallest absolute Gasteiger partial charge is 0.213 e. The summed E-state index contributed by atoms with van der Waals surface area (Å²) in [5, 5.41) is 0.596. The molecule has 0 saturated carbocycles. The van der Waals surface area contributed by atoms with Crippen molar-refractivity contribution in [3.63, 3.8) is 0 Å². The second-order valence-corrected chi connectivity index (χ2v) is 6.25. The van der Waals surface area contributed by atoms with Crippen molar-refractivity contribution >= 4 is 17.4 Å². The van der Waals surface area contributed by atoms with Crippen LogP contribution in [0.2, 0.25) is 5.02 Å². The third kappa shape index (κ3) is 3.61. The van der Waals surface area contributed by atoms with Crippen LogP contribution in [0.15, 0.2) is 36.4 Å². The fraction of sp³-hybridized carbons (Fsp3) is 0.200. The predicted molar refractivity (Wildman–Crippen MR) is 103 cm³/mol. The van der Waals surface area contributed by atoms with E-state index in [1.807, 2.05) is 12.1 Å². The first-order valence-corrected chi connectivity index (χ1v) is 8.53. The summed E-state index contributed by atoms with van der Waals surface area (Å²) in [5.74, 6) is 1.56. The highest BCUT2D eigenvalue weighted by atomic mass is 35.5. The Kier molecular flexibility index (Phi) is 5.37. The zero-order chi connectivity index (χ0) is 19.6. The number of ether oxygens (including phenoxy) is 3. The fourth-order valence-electron chi connectivity index (χ4n) is 2.80. The molecule has 1 N–H and O–H groups in total. The van der Waals surface area contributed by atoms with Crippen molar-refractivity contribution in [3.05, 3.63) is 58.4 Å². The summed E-state index contributed by atoms with van der Waals surface area (Å²) in [5.41, 5.74) is 2.16. The van der Waals surface area contributed by atoms with Gasteiger partial charge in [-0.3, -0.25) is 4.79 Å². The number of aromatic nitrogens is 2. The summed E-state index contributed by atoms with van der Waals surface area (Å²) in [4.78, 5) is 20.7. The quantitative estimate of drug-likeness (QED) is 0.639. The van der Waals surface area contributed by atoms with E-state index in [0.717, 1.165) is 5.56 Å². The number of aromatic amines is 1. The molecule has 0 aliphatic rings. The number of nitrogens with one attached hydrogen (secondary N) is 1. The van der Waals surface area contributed by atoms with Crippen molar-refractivity contribution in [2.24, 2.45) is 0 Å². The molecule has 140 valence electrons. The summed E-state index contributed by atoms with van der Waals surface area (Å²) >= 11 is 6.05. The van der Waals surface area contributed by atoms with Crippen LogP contribution < -0.4 is 14.2 Å². The first-order chi connectivity index (χ1) is 13.0. The zero-order valence-corrected chi connectivity index (χ0v) is 16.2. The highest BCUT2D eigenvalue weighted by Crippen LogP contribution is 2.38. The lowest BCUT2D eigenvalue weighted by molar-refractivity contribution is 0.103. The SMILES string of the molecule is COc1cc(C(=O)c2nc(-c3cccc(Cl)c3)[nH]c2C)cc(OC)c1OC. The van der Waals surface area contributed by atoms with Crippen LogP contribution in [0.3, 0.4) is 0 Å². The molecule has 0 unspecified atom stereocenters. The van der Waals surface area contributed by atoms with Gasteiger partial charge in [-0.1, -0.05) is 23.7 Å². The van der Waals surface area contributed by atoms with E-state index in [2.05, 4.69) is 9.97 Å². The maximum absolute atomic E-state index is 13.1. The molecule has 0 aliphatic carbocycles. The lowest BCUT2D eigenvalue weighted by Crippen LogP contribution is -2.06. The molecule has 7 heteroatoms. The second-order valence-electron chi connectivity index (χ2n) is 5.81. The number of hydrogen-bond donors (Lipinski definition) is 1. The van der Waals surface area contributed by atoms with Crippen molar-refractivity contribution in [2.45, 2.75) is 6.92 Å². The third-order valence-electron chi connectivity index (χ3n) is 4.12. The monoisotopic (exact) mass is 386 g/mol. The van der Waals surface area contributed by atoms with Crippen molar-refractivity contribution < 1.29 is 19.0 Å². The van der Waals surface area contributed by atoms with E-state index in [1.54, 1.807) is 31.2 Å². The topological polar surface area (TPSA) is 73.4 Å².